The van der Waals surface area contributed by atoms with E-state index in [0.717, 1.165) is 16.9 Å². The molecule has 0 aliphatic rings. The lowest BCUT2D eigenvalue weighted by molar-refractivity contribution is 0.240. The summed E-state index contributed by atoms with van der Waals surface area (Å²) in [5, 5.41) is 5.41. The van der Waals surface area contributed by atoms with Crippen LogP contribution in [0.3, 0.4) is 0 Å². The summed E-state index contributed by atoms with van der Waals surface area (Å²) in [6.07, 6.45) is 0. The topological polar surface area (TPSA) is 50.4 Å². The first-order valence-electron chi connectivity index (χ1n) is 6.43. The van der Waals surface area contributed by atoms with Crippen LogP contribution in [0.2, 0.25) is 0 Å². The maximum atomic E-state index is 11.3. The van der Waals surface area contributed by atoms with E-state index in [9.17, 15) is 4.79 Å². The number of methoxy groups -OCH3 is 1. The van der Waals surface area contributed by atoms with E-state index in [1.165, 1.54) is 5.56 Å². The van der Waals surface area contributed by atoms with Crippen molar-refractivity contribution in [3.8, 4) is 5.75 Å². The van der Waals surface area contributed by atoms with Gasteiger partial charge < -0.3 is 15.4 Å². The first-order valence-corrected chi connectivity index (χ1v) is 6.43. The molecule has 0 spiro atoms. The summed E-state index contributed by atoms with van der Waals surface area (Å²) in [7, 11) is 3.29. The molecule has 0 bridgehead atoms. The molecule has 2 N–H and O–H groups in total. The number of carbonyl (C=O) groups excluding carboxylic acids is 1. The van der Waals surface area contributed by atoms with Crippen LogP contribution in [0.5, 0.6) is 5.75 Å². The van der Waals surface area contributed by atoms with E-state index in [-0.39, 0.29) is 11.4 Å². The first kappa shape index (κ1) is 15.3. The Morgan fingerprint density at radius 1 is 1.32 bits per heavy atom. The van der Waals surface area contributed by atoms with Gasteiger partial charge in [-0.1, -0.05) is 31.5 Å². The molecule has 0 saturated carbocycles. The molecule has 4 nitrogen and oxygen atoms in total. The number of amides is 2. The van der Waals surface area contributed by atoms with Crippen molar-refractivity contribution in [1.29, 1.82) is 0 Å². The third kappa shape index (κ3) is 3.63. The van der Waals surface area contributed by atoms with Crippen LogP contribution < -0.4 is 15.4 Å². The molecule has 4 heteroatoms. The number of benzene rings is 1. The van der Waals surface area contributed by atoms with Crippen molar-refractivity contribution in [2.24, 2.45) is 0 Å². The Hall–Kier alpha value is -1.71. The third-order valence-corrected chi connectivity index (χ3v) is 3.27. The smallest absolute Gasteiger partial charge is 0.314 e. The maximum Gasteiger partial charge on any atom is 0.314 e. The zero-order chi connectivity index (χ0) is 14.6. The van der Waals surface area contributed by atoms with Gasteiger partial charge in [-0.05, 0) is 19.4 Å². The Morgan fingerprint density at radius 2 is 1.95 bits per heavy atom. The van der Waals surface area contributed by atoms with Crippen LogP contribution in [-0.2, 0) is 5.41 Å². The largest absolute Gasteiger partial charge is 0.496 e. The second-order valence-electron chi connectivity index (χ2n) is 5.48. The van der Waals surface area contributed by atoms with Gasteiger partial charge in [-0.2, -0.15) is 0 Å². The zero-order valence-electron chi connectivity index (χ0n) is 12.7. The fourth-order valence-electron chi connectivity index (χ4n) is 2.21. The molecule has 0 atom stereocenters. The molecule has 1 aromatic carbocycles. The Kier molecular flexibility index (Phi) is 4.81. The average molecular weight is 264 g/mol. The van der Waals surface area contributed by atoms with Gasteiger partial charge in [0, 0.05) is 24.6 Å². The van der Waals surface area contributed by atoms with E-state index in [1.807, 2.05) is 6.92 Å². The van der Waals surface area contributed by atoms with E-state index >= 15 is 0 Å². The number of ether oxygens (including phenoxy) is 1. The standard InChI is InChI=1S/C15H24N2O2/c1-10-7-11(2)13(19-6)12(8-10)15(3,4)9-17-14(18)16-5/h7-8H,9H2,1-6H3,(H2,16,17,18). The van der Waals surface area contributed by atoms with E-state index in [4.69, 9.17) is 4.74 Å². The van der Waals surface area contributed by atoms with Gasteiger partial charge in [-0.3, -0.25) is 0 Å². The number of hydrogen-bond donors (Lipinski definition) is 2. The number of nitrogens with one attached hydrogen (secondary N) is 2. The van der Waals surface area contributed by atoms with Gasteiger partial charge in [0.05, 0.1) is 7.11 Å². The molecule has 0 aromatic heterocycles. The van der Waals surface area contributed by atoms with Gasteiger partial charge in [-0.25, -0.2) is 4.79 Å². The molecule has 1 aromatic rings. The van der Waals surface area contributed by atoms with Gasteiger partial charge in [0.2, 0.25) is 0 Å². The lowest BCUT2D eigenvalue weighted by atomic mass is 9.82. The molecule has 106 valence electrons. The zero-order valence-corrected chi connectivity index (χ0v) is 12.7. The average Bonchev–Trinajstić information content (AvgIpc) is 2.35. The van der Waals surface area contributed by atoms with Crippen LogP contribution in [0.4, 0.5) is 4.79 Å². The highest BCUT2D eigenvalue weighted by molar-refractivity contribution is 5.73. The minimum atomic E-state index is -0.200. The summed E-state index contributed by atoms with van der Waals surface area (Å²) >= 11 is 0. The van der Waals surface area contributed by atoms with E-state index in [1.54, 1.807) is 14.2 Å². The lowest BCUT2D eigenvalue weighted by Gasteiger charge is -2.28. The summed E-state index contributed by atoms with van der Waals surface area (Å²) in [5.74, 6) is 0.898. The number of aryl methyl sites for hydroxylation is 2. The quantitative estimate of drug-likeness (QED) is 0.878. The molecule has 0 unspecified atom stereocenters. The molecular formula is C15H24N2O2. The Morgan fingerprint density at radius 3 is 2.47 bits per heavy atom. The second kappa shape index (κ2) is 5.95. The SMILES string of the molecule is CNC(=O)NCC(C)(C)c1cc(C)cc(C)c1OC. The third-order valence-electron chi connectivity index (χ3n) is 3.27. The summed E-state index contributed by atoms with van der Waals surface area (Å²) < 4.78 is 5.52. The van der Waals surface area contributed by atoms with Crippen LogP contribution in [0.25, 0.3) is 0 Å². The minimum Gasteiger partial charge on any atom is -0.496 e. The van der Waals surface area contributed by atoms with Gasteiger partial charge in [-0.15, -0.1) is 0 Å². The van der Waals surface area contributed by atoms with E-state index in [2.05, 4.69) is 43.5 Å². The predicted octanol–water partition coefficient (Wildman–Crippen LogP) is 2.52. The van der Waals surface area contributed by atoms with Crippen molar-refractivity contribution < 1.29 is 9.53 Å². The molecular weight excluding hydrogens is 240 g/mol. The number of carbonyl (C=O) groups is 1. The van der Waals surface area contributed by atoms with Crippen molar-refractivity contribution in [1.82, 2.24) is 10.6 Å². The highest BCUT2D eigenvalue weighted by atomic mass is 16.5. The Labute approximate surface area is 115 Å². The maximum absolute atomic E-state index is 11.3. The molecule has 0 aliphatic carbocycles. The van der Waals surface area contributed by atoms with Gasteiger partial charge in [0.1, 0.15) is 5.75 Å². The second-order valence-corrected chi connectivity index (χ2v) is 5.48. The molecule has 0 saturated heterocycles. The van der Waals surface area contributed by atoms with Crippen molar-refractivity contribution in [2.75, 3.05) is 20.7 Å². The summed E-state index contributed by atoms with van der Waals surface area (Å²) in [6, 6.07) is 4.05. The summed E-state index contributed by atoms with van der Waals surface area (Å²) in [4.78, 5) is 11.3. The fourth-order valence-corrected chi connectivity index (χ4v) is 2.21. The Balaban J connectivity index is 3.09. The number of rotatable bonds is 4. The summed E-state index contributed by atoms with van der Waals surface area (Å²) in [6.45, 7) is 8.85. The molecule has 0 radical (unpaired) electrons. The van der Waals surface area contributed by atoms with Gasteiger partial charge >= 0.3 is 6.03 Å². The van der Waals surface area contributed by atoms with Crippen LogP contribution in [0.1, 0.15) is 30.5 Å². The van der Waals surface area contributed by atoms with Crippen LogP contribution >= 0.6 is 0 Å². The lowest BCUT2D eigenvalue weighted by Crippen LogP contribution is -2.41. The molecule has 19 heavy (non-hydrogen) atoms. The van der Waals surface area contributed by atoms with Gasteiger partial charge in [0.15, 0.2) is 0 Å². The fraction of sp³-hybridized carbons (Fsp3) is 0.533. The molecule has 0 fully saturated rings. The first-order chi connectivity index (χ1) is 8.81. The van der Waals surface area contributed by atoms with Crippen LogP contribution in [-0.4, -0.2) is 26.7 Å². The number of hydrogen-bond acceptors (Lipinski definition) is 2. The van der Waals surface area contributed by atoms with Crippen molar-refractivity contribution in [3.05, 3.63) is 28.8 Å². The highest BCUT2D eigenvalue weighted by Crippen LogP contribution is 2.34. The Bertz CT molecular complexity index is 467. The van der Waals surface area contributed by atoms with E-state index < -0.39 is 0 Å². The molecule has 0 aliphatic heterocycles. The van der Waals surface area contributed by atoms with Crippen molar-refractivity contribution >= 4 is 6.03 Å². The predicted molar refractivity (Wildman–Crippen MR) is 78.0 cm³/mol. The normalized spacial score (nSPS) is 11.1. The van der Waals surface area contributed by atoms with Gasteiger partial charge in [0.25, 0.3) is 0 Å². The minimum absolute atomic E-state index is 0.170. The van der Waals surface area contributed by atoms with Crippen molar-refractivity contribution in [3.63, 3.8) is 0 Å². The molecule has 1 rings (SSSR count). The summed E-state index contributed by atoms with van der Waals surface area (Å²) in [5.41, 5.74) is 3.23. The van der Waals surface area contributed by atoms with Crippen molar-refractivity contribution in [2.45, 2.75) is 33.1 Å². The van der Waals surface area contributed by atoms with Crippen LogP contribution in [0, 0.1) is 13.8 Å². The monoisotopic (exact) mass is 264 g/mol. The highest BCUT2D eigenvalue weighted by Gasteiger charge is 2.26. The molecule has 0 heterocycles. The van der Waals surface area contributed by atoms with E-state index in [0.29, 0.717) is 6.54 Å². The molecule has 2 amide bonds. The van der Waals surface area contributed by atoms with Crippen LogP contribution in [0.15, 0.2) is 12.1 Å². The number of urea groups is 1.